The Bertz CT molecular complexity index is 895. The fourth-order valence-corrected chi connectivity index (χ4v) is 2.68. The molecule has 0 saturated carbocycles. The van der Waals surface area contributed by atoms with Crippen molar-refractivity contribution in [3.63, 3.8) is 0 Å². The van der Waals surface area contributed by atoms with Gasteiger partial charge >= 0.3 is 0 Å². The van der Waals surface area contributed by atoms with E-state index in [-0.39, 0.29) is 5.69 Å². The summed E-state index contributed by atoms with van der Waals surface area (Å²) in [5, 5.41) is 19.1. The van der Waals surface area contributed by atoms with Crippen molar-refractivity contribution >= 4 is 29.0 Å². The molecule has 0 saturated heterocycles. The maximum Gasteiger partial charge on any atom is 0.269 e. The first-order valence-electron chi connectivity index (χ1n) is 7.38. The van der Waals surface area contributed by atoms with E-state index in [1.165, 1.54) is 17.8 Å². The largest absolute Gasteiger partial charge is 0.350 e. The van der Waals surface area contributed by atoms with Crippen molar-refractivity contribution in [1.29, 1.82) is 0 Å². The van der Waals surface area contributed by atoms with Crippen molar-refractivity contribution in [2.75, 3.05) is 11.6 Å². The van der Waals surface area contributed by atoms with E-state index in [0.29, 0.717) is 17.6 Å². The molecule has 0 aliphatic rings. The maximum absolute atomic E-state index is 10.9. The van der Waals surface area contributed by atoms with Gasteiger partial charge in [-0.2, -0.15) is 14.6 Å². The highest BCUT2D eigenvalue weighted by Crippen LogP contribution is 2.19. The number of fused-ring (bicyclic) bond motifs is 1. The minimum Gasteiger partial charge on any atom is -0.350 e. The van der Waals surface area contributed by atoms with E-state index >= 15 is 0 Å². The molecule has 0 aliphatic heterocycles. The van der Waals surface area contributed by atoms with Crippen LogP contribution in [0.5, 0.6) is 0 Å². The van der Waals surface area contributed by atoms with Gasteiger partial charge in [0, 0.05) is 24.2 Å². The SMILES string of the molecule is CCc1cnn2c(NCc3cccc([N+](=O)[O-])c3)nc(SC)nc12. The smallest absolute Gasteiger partial charge is 0.269 e. The van der Waals surface area contributed by atoms with Gasteiger partial charge in [0.05, 0.1) is 11.1 Å². The predicted molar refractivity (Wildman–Crippen MR) is 92.4 cm³/mol. The molecule has 2 aromatic heterocycles. The summed E-state index contributed by atoms with van der Waals surface area (Å²) in [5.41, 5.74) is 2.69. The molecule has 2 heterocycles. The van der Waals surface area contributed by atoms with Crippen LogP contribution in [0.3, 0.4) is 0 Å². The van der Waals surface area contributed by atoms with Crippen molar-refractivity contribution in [1.82, 2.24) is 19.6 Å². The van der Waals surface area contributed by atoms with E-state index < -0.39 is 4.92 Å². The van der Waals surface area contributed by atoms with Gasteiger partial charge in [0.25, 0.3) is 5.69 Å². The van der Waals surface area contributed by atoms with Gasteiger partial charge in [0.15, 0.2) is 10.8 Å². The summed E-state index contributed by atoms with van der Waals surface area (Å²) in [6.45, 7) is 2.46. The lowest BCUT2D eigenvalue weighted by molar-refractivity contribution is -0.384. The highest BCUT2D eigenvalue weighted by Gasteiger charge is 2.12. The first kappa shape index (κ1) is 16.2. The van der Waals surface area contributed by atoms with Crippen LogP contribution in [0.4, 0.5) is 11.6 Å². The number of anilines is 1. The standard InChI is InChI=1S/C15H16N6O2S/c1-3-11-9-17-20-13(11)18-15(24-2)19-14(20)16-8-10-5-4-6-12(7-10)21(22)23/h4-7,9H,3,8H2,1-2H3,(H,16,18,19). The minimum atomic E-state index is -0.404. The van der Waals surface area contributed by atoms with Gasteiger partial charge < -0.3 is 5.32 Å². The predicted octanol–water partition coefficient (Wildman–Crippen LogP) is 2.93. The Hall–Kier alpha value is -2.68. The third-order valence-electron chi connectivity index (χ3n) is 3.56. The maximum atomic E-state index is 10.9. The van der Waals surface area contributed by atoms with E-state index in [0.717, 1.165) is 23.2 Å². The number of nitro groups is 1. The normalized spacial score (nSPS) is 10.9. The summed E-state index contributed by atoms with van der Waals surface area (Å²) < 4.78 is 1.66. The third-order valence-corrected chi connectivity index (χ3v) is 4.10. The van der Waals surface area contributed by atoms with Crippen molar-refractivity contribution < 1.29 is 4.92 Å². The number of nitro benzene ring substituents is 1. The Labute approximate surface area is 142 Å². The number of non-ortho nitro benzene ring substituents is 1. The lowest BCUT2D eigenvalue weighted by atomic mass is 10.2. The fourth-order valence-electron chi connectivity index (χ4n) is 2.32. The van der Waals surface area contributed by atoms with Gasteiger partial charge in [-0.25, -0.2) is 4.98 Å². The topological polar surface area (TPSA) is 98.2 Å². The Kier molecular flexibility index (Phi) is 4.61. The molecule has 0 bridgehead atoms. The monoisotopic (exact) mass is 344 g/mol. The molecule has 24 heavy (non-hydrogen) atoms. The number of nitrogens with zero attached hydrogens (tertiary/aromatic N) is 5. The van der Waals surface area contributed by atoms with Crippen LogP contribution in [-0.4, -0.2) is 30.8 Å². The average molecular weight is 344 g/mol. The number of benzene rings is 1. The van der Waals surface area contributed by atoms with Crippen LogP contribution in [0.2, 0.25) is 0 Å². The number of nitrogens with one attached hydrogen (secondary N) is 1. The number of thioether (sulfide) groups is 1. The zero-order valence-corrected chi connectivity index (χ0v) is 14.1. The van der Waals surface area contributed by atoms with Gasteiger partial charge in [-0.05, 0) is 18.2 Å². The lowest BCUT2D eigenvalue weighted by Crippen LogP contribution is -2.09. The molecule has 9 heteroatoms. The molecule has 0 radical (unpaired) electrons. The Morgan fingerprint density at radius 2 is 2.21 bits per heavy atom. The summed E-state index contributed by atoms with van der Waals surface area (Å²) in [5.74, 6) is 0.565. The molecule has 0 aliphatic carbocycles. The van der Waals surface area contributed by atoms with E-state index in [9.17, 15) is 10.1 Å². The summed E-state index contributed by atoms with van der Waals surface area (Å²) in [6.07, 6.45) is 4.53. The molecule has 0 amide bonds. The van der Waals surface area contributed by atoms with Gasteiger partial charge in [-0.1, -0.05) is 30.8 Å². The van der Waals surface area contributed by atoms with Crippen molar-refractivity contribution in [3.8, 4) is 0 Å². The van der Waals surface area contributed by atoms with E-state index in [2.05, 4.69) is 20.4 Å². The van der Waals surface area contributed by atoms with Gasteiger partial charge in [-0.15, -0.1) is 0 Å². The highest BCUT2D eigenvalue weighted by molar-refractivity contribution is 7.98. The quantitative estimate of drug-likeness (QED) is 0.417. The fraction of sp³-hybridized carbons (Fsp3) is 0.267. The van der Waals surface area contributed by atoms with Gasteiger partial charge in [0.2, 0.25) is 5.95 Å². The molecule has 0 spiro atoms. The molecular weight excluding hydrogens is 328 g/mol. The summed E-state index contributed by atoms with van der Waals surface area (Å²) >= 11 is 1.46. The Morgan fingerprint density at radius 3 is 2.92 bits per heavy atom. The second-order valence-corrected chi connectivity index (χ2v) is 5.85. The molecule has 1 N–H and O–H groups in total. The molecule has 0 unspecified atom stereocenters. The van der Waals surface area contributed by atoms with Gasteiger partial charge in [0.1, 0.15) is 0 Å². The molecule has 8 nitrogen and oxygen atoms in total. The minimum absolute atomic E-state index is 0.0688. The summed E-state index contributed by atoms with van der Waals surface area (Å²) in [7, 11) is 0. The van der Waals surface area contributed by atoms with Crippen molar-refractivity contribution in [2.45, 2.75) is 25.0 Å². The second-order valence-electron chi connectivity index (χ2n) is 5.07. The van der Waals surface area contributed by atoms with Crippen LogP contribution in [0.25, 0.3) is 5.65 Å². The van der Waals surface area contributed by atoms with Crippen LogP contribution in [-0.2, 0) is 13.0 Å². The van der Waals surface area contributed by atoms with E-state index in [1.807, 2.05) is 19.2 Å². The van der Waals surface area contributed by atoms with Crippen molar-refractivity contribution in [3.05, 3.63) is 51.7 Å². The number of aryl methyl sites for hydroxylation is 1. The van der Waals surface area contributed by atoms with Crippen LogP contribution in [0.1, 0.15) is 18.1 Å². The number of hydrogen-bond acceptors (Lipinski definition) is 7. The zero-order valence-electron chi connectivity index (χ0n) is 13.3. The zero-order chi connectivity index (χ0) is 17.1. The average Bonchev–Trinajstić information content (AvgIpc) is 3.02. The van der Waals surface area contributed by atoms with Crippen LogP contribution >= 0.6 is 11.8 Å². The number of aromatic nitrogens is 4. The number of rotatable bonds is 6. The Morgan fingerprint density at radius 1 is 1.38 bits per heavy atom. The van der Waals surface area contributed by atoms with E-state index in [1.54, 1.807) is 22.8 Å². The molecular formula is C15H16N6O2S. The van der Waals surface area contributed by atoms with Crippen LogP contribution in [0, 0.1) is 10.1 Å². The van der Waals surface area contributed by atoms with Crippen molar-refractivity contribution in [2.24, 2.45) is 0 Å². The molecule has 1 aromatic carbocycles. The molecule has 3 rings (SSSR count). The van der Waals surface area contributed by atoms with E-state index in [4.69, 9.17) is 0 Å². The first-order chi connectivity index (χ1) is 11.6. The summed E-state index contributed by atoms with van der Waals surface area (Å²) in [4.78, 5) is 19.4. The molecule has 124 valence electrons. The molecule has 0 fully saturated rings. The summed E-state index contributed by atoms with van der Waals surface area (Å²) in [6, 6.07) is 6.51. The molecule has 3 aromatic rings. The van der Waals surface area contributed by atoms with Gasteiger partial charge in [-0.3, -0.25) is 10.1 Å². The molecule has 0 atom stereocenters. The van der Waals surface area contributed by atoms with Crippen LogP contribution in [0.15, 0.2) is 35.6 Å². The Balaban J connectivity index is 1.91. The third kappa shape index (κ3) is 3.16. The highest BCUT2D eigenvalue weighted by atomic mass is 32.2. The first-order valence-corrected chi connectivity index (χ1v) is 8.60. The second kappa shape index (κ2) is 6.83. The number of hydrogen-bond donors (Lipinski definition) is 1. The van der Waals surface area contributed by atoms with Crippen LogP contribution < -0.4 is 5.32 Å². The lowest BCUT2D eigenvalue weighted by Gasteiger charge is -2.09.